The van der Waals surface area contributed by atoms with Gasteiger partial charge in [0.25, 0.3) is 0 Å². The van der Waals surface area contributed by atoms with Crippen molar-refractivity contribution >= 4 is 21.9 Å². The van der Waals surface area contributed by atoms with E-state index >= 15 is 0 Å². The maximum absolute atomic E-state index is 9.07. The molecule has 6 heteroatoms. The second-order valence-corrected chi connectivity index (χ2v) is 5.84. The van der Waals surface area contributed by atoms with Gasteiger partial charge in [0.15, 0.2) is 0 Å². The first-order valence-corrected chi connectivity index (χ1v) is 7.88. The molecule has 6 nitrogen and oxygen atoms in total. The summed E-state index contributed by atoms with van der Waals surface area (Å²) >= 11 is 0. The predicted octanol–water partition coefficient (Wildman–Crippen LogP) is 2.50. The van der Waals surface area contributed by atoms with E-state index in [1.807, 2.05) is 6.07 Å². The van der Waals surface area contributed by atoms with Crippen LogP contribution in [0.15, 0.2) is 24.5 Å². The van der Waals surface area contributed by atoms with Crippen molar-refractivity contribution in [1.29, 1.82) is 5.26 Å². The van der Waals surface area contributed by atoms with Gasteiger partial charge in [-0.15, -0.1) is 0 Å². The highest BCUT2D eigenvalue weighted by molar-refractivity contribution is 6.09. The third-order valence-corrected chi connectivity index (χ3v) is 4.31. The van der Waals surface area contributed by atoms with Crippen LogP contribution in [0.1, 0.15) is 25.0 Å². The lowest BCUT2D eigenvalue weighted by molar-refractivity contribution is 0.241. The van der Waals surface area contributed by atoms with E-state index in [4.69, 9.17) is 10.00 Å². The largest absolute Gasteiger partial charge is 0.491 e. The molecule has 3 aromatic heterocycles. The number of nitrogens with one attached hydrogen (secondary N) is 2. The average Bonchev–Trinajstić information content (AvgIpc) is 2.99. The first-order valence-electron chi connectivity index (χ1n) is 7.88. The molecule has 4 heterocycles. The van der Waals surface area contributed by atoms with E-state index in [0.717, 1.165) is 40.7 Å². The number of nitriles is 1. The smallest absolute Gasteiger partial charge is 0.142 e. The van der Waals surface area contributed by atoms with E-state index in [-0.39, 0.29) is 0 Å². The van der Waals surface area contributed by atoms with Gasteiger partial charge in [0, 0.05) is 17.6 Å². The van der Waals surface area contributed by atoms with Gasteiger partial charge in [0.1, 0.15) is 29.8 Å². The molecule has 1 fully saturated rings. The molecule has 4 rings (SSSR count). The lowest BCUT2D eigenvalue weighted by Gasteiger charge is -2.23. The number of hydrogen-bond acceptors (Lipinski definition) is 5. The number of rotatable bonds is 3. The molecule has 23 heavy (non-hydrogen) atoms. The van der Waals surface area contributed by atoms with Crippen molar-refractivity contribution in [2.24, 2.45) is 0 Å². The van der Waals surface area contributed by atoms with Crippen molar-refractivity contribution in [2.75, 3.05) is 13.2 Å². The molecule has 0 spiro atoms. The number of piperidine rings is 1. The molecule has 0 bridgehead atoms. The van der Waals surface area contributed by atoms with Crippen molar-refractivity contribution in [2.45, 2.75) is 25.3 Å². The highest BCUT2D eigenvalue weighted by Gasteiger charge is 2.16. The molecule has 0 amide bonds. The summed E-state index contributed by atoms with van der Waals surface area (Å²) in [6.45, 7) is 1.70. The number of aromatic nitrogens is 3. The quantitative estimate of drug-likeness (QED) is 0.776. The minimum Gasteiger partial charge on any atom is -0.491 e. The zero-order valence-electron chi connectivity index (χ0n) is 12.7. The van der Waals surface area contributed by atoms with E-state index in [1.165, 1.54) is 12.8 Å². The van der Waals surface area contributed by atoms with Crippen LogP contribution in [0.25, 0.3) is 21.9 Å². The van der Waals surface area contributed by atoms with Gasteiger partial charge in [-0.25, -0.2) is 9.97 Å². The fourth-order valence-corrected chi connectivity index (χ4v) is 3.13. The molecule has 1 aliphatic heterocycles. The predicted molar refractivity (Wildman–Crippen MR) is 87.2 cm³/mol. The van der Waals surface area contributed by atoms with Crippen LogP contribution in [0.5, 0.6) is 5.75 Å². The van der Waals surface area contributed by atoms with Crippen molar-refractivity contribution in [1.82, 2.24) is 20.3 Å². The first-order chi connectivity index (χ1) is 11.3. The molecular weight excluding hydrogens is 290 g/mol. The zero-order valence-corrected chi connectivity index (χ0v) is 12.7. The highest BCUT2D eigenvalue weighted by Crippen LogP contribution is 2.32. The summed E-state index contributed by atoms with van der Waals surface area (Å²) < 4.78 is 6.07. The number of ether oxygens (including phenoxy) is 1. The Bertz CT molecular complexity index is 889. The van der Waals surface area contributed by atoms with Crippen LogP contribution in [-0.2, 0) is 0 Å². The topological polar surface area (TPSA) is 86.6 Å². The normalized spacial score (nSPS) is 18.1. The van der Waals surface area contributed by atoms with Crippen LogP contribution in [-0.4, -0.2) is 34.1 Å². The van der Waals surface area contributed by atoms with E-state index in [2.05, 4.69) is 26.3 Å². The fraction of sp³-hybridized carbons (Fsp3) is 0.353. The summed E-state index contributed by atoms with van der Waals surface area (Å²) in [6, 6.07) is 6.14. The monoisotopic (exact) mass is 307 g/mol. The lowest BCUT2D eigenvalue weighted by Crippen LogP contribution is -2.38. The molecule has 1 saturated heterocycles. The third-order valence-electron chi connectivity index (χ3n) is 4.31. The molecule has 1 atom stereocenters. The second-order valence-electron chi connectivity index (χ2n) is 5.84. The number of nitrogens with zero attached hydrogens (tertiary/aromatic N) is 3. The minimum absolute atomic E-state index is 0.391. The van der Waals surface area contributed by atoms with Gasteiger partial charge in [0.2, 0.25) is 0 Å². The molecule has 2 N–H and O–H groups in total. The first kappa shape index (κ1) is 14.0. The SMILES string of the molecule is N#Cc1cc2c(cn1)[nH]c1nccc(OC[C@H]3CCCCN3)c12. The van der Waals surface area contributed by atoms with Crippen molar-refractivity contribution in [3.8, 4) is 11.8 Å². The van der Waals surface area contributed by atoms with Crippen LogP contribution in [0.2, 0.25) is 0 Å². The molecule has 0 aromatic carbocycles. The van der Waals surface area contributed by atoms with Gasteiger partial charge in [-0.05, 0) is 31.5 Å². The summed E-state index contributed by atoms with van der Waals surface area (Å²) in [5, 5.41) is 14.4. The minimum atomic E-state index is 0.391. The fourth-order valence-electron chi connectivity index (χ4n) is 3.13. The van der Waals surface area contributed by atoms with Crippen molar-refractivity contribution < 1.29 is 4.74 Å². The Kier molecular flexibility index (Phi) is 3.56. The van der Waals surface area contributed by atoms with Gasteiger partial charge in [-0.2, -0.15) is 5.26 Å². The van der Waals surface area contributed by atoms with Crippen LogP contribution in [0, 0.1) is 11.3 Å². The molecule has 0 saturated carbocycles. The highest BCUT2D eigenvalue weighted by atomic mass is 16.5. The maximum Gasteiger partial charge on any atom is 0.142 e. The molecule has 0 unspecified atom stereocenters. The van der Waals surface area contributed by atoms with Gasteiger partial charge in [0.05, 0.1) is 17.1 Å². The Labute approximate surface area is 133 Å². The van der Waals surface area contributed by atoms with Crippen LogP contribution in [0.4, 0.5) is 0 Å². The standard InChI is InChI=1S/C17H17N5O/c18-8-12-7-13-14(9-21-12)22-17-16(13)15(4-6-20-17)23-10-11-3-1-2-5-19-11/h4,6-7,9,11,19H,1-3,5,10H2,(H,20,22)/t11-/m1/s1. The van der Waals surface area contributed by atoms with Crippen molar-refractivity contribution in [3.05, 3.63) is 30.2 Å². The van der Waals surface area contributed by atoms with Gasteiger partial charge in [-0.1, -0.05) is 6.42 Å². The molecular formula is C17H17N5O. The summed E-state index contributed by atoms with van der Waals surface area (Å²) in [6.07, 6.45) is 7.03. The maximum atomic E-state index is 9.07. The zero-order chi connectivity index (χ0) is 15.6. The summed E-state index contributed by atoms with van der Waals surface area (Å²) in [5.74, 6) is 0.795. The molecule has 116 valence electrons. The Morgan fingerprint density at radius 3 is 3.13 bits per heavy atom. The van der Waals surface area contributed by atoms with Crippen LogP contribution < -0.4 is 10.1 Å². The van der Waals surface area contributed by atoms with Crippen LogP contribution >= 0.6 is 0 Å². The third kappa shape index (κ3) is 2.60. The van der Waals surface area contributed by atoms with Gasteiger partial charge in [-0.3, -0.25) is 0 Å². The molecule has 0 aliphatic carbocycles. The molecule has 1 aliphatic rings. The Morgan fingerprint density at radius 2 is 2.30 bits per heavy atom. The Morgan fingerprint density at radius 1 is 1.35 bits per heavy atom. The Hall–Kier alpha value is -2.65. The summed E-state index contributed by atoms with van der Waals surface area (Å²) in [4.78, 5) is 11.7. The number of hydrogen-bond donors (Lipinski definition) is 2. The molecule has 3 aromatic rings. The van der Waals surface area contributed by atoms with E-state index < -0.39 is 0 Å². The summed E-state index contributed by atoms with van der Waals surface area (Å²) in [7, 11) is 0. The Balaban J connectivity index is 1.72. The van der Waals surface area contributed by atoms with E-state index in [9.17, 15) is 0 Å². The number of H-pyrrole nitrogens is 1. The van der Waals surface area contributed by atoms with Gasteiger partial charge < -0.3 is 15.0 Å². The molecule has 0 radical (unpaired) electrons. The van der Waals surface area contributed by atoms with Crippen LogP contribution in [0.3, 0.4) is 0 Å². The second kappa shape index (κ2) is 5.86. The van der Waals surface area contributed by atoms with Crippen molar-refractivity contribution in [3.63, 3.8) is 0 Å². The van der Waals surface area contributed by atoms with E-state index in [0.29, 0.717) is 18.3 Å². The number of pyridine rings is 2. The number of fused-ring (bicyclic) bond motifs is 3. The van der Waals surface area contributed by atoms with E-state index in [1.54, 1.807) is 18.5 Å². The van der Waals surface area contributed by atoms with Gasteiger partial charge >= 0.3 is 0 Å². The summed E-state index contributed by atoms with van der Waals surface area (Å²) in [5.41, 5.74) is 2.01. The lowest BCUT2D eigenvalue weighted by atomic mass is 10.1. The average molecular weight is 307 g/mol. The number of aromatic amines is 1.